The minimum atomic E-state index is -0.790. The SMILES string of the molecule is CC(CN(C)Cc1coc(-c2ccccc2)n1)C(=O)O. The molecule has 0 saturated heterocycles. The normalized spacial score (nSPS) is 12.6. The number of carboxylic acid groups (broad SMARTS) is 1. The zero-order valence-electron chi connectivity index (χ0n) is 11.6. The third kappa shape index (κ3) is 3.68. The highest BCUT2D eigenvalue weighted by atomic mass is 16.4. The second kappa shape index (κ2) is 6.34. The van der Waals surface area contributed by atoms with Crippen LogP contribution in [0.4, 0.5) is 0 Å². The lowest BCUT2D eigenvalue weighted by Gasteiger charge is -2.17. The summed E-state index contributed by atoms with van der Waals surface area (Å²) in [4.78, 5) is 17.2. The molecule has 1 N–H and O–H groups in total. The summed E-state index contributed by atoms with van der Waals surface area (Å²) in [7, 11) is 1.87. The first-order valence-electron chi connectivity index (χ1n) is 6.47. The maximum Gasteiger partial charge on any atom is 0.307 e. The number of hydrogen-bond donors (Lipinski definition) is 1. The van der Waals surface area contributed by atoms with Crippen molar-refractivity contribution < 1.29 is 14.3 Å². The fourth-order valence-corrected chi connectivity index (χ4v) is 1.98. The third-order valence-electron chi connectivity index (χ3n) is 3.01. The maximum atomic E-state index is 10.8. The quantitative estimate of drug-likeness (QED) is 0.876. The Morgan fingerprint density at radius 2 is 2.10 bits per heavy atom. The molecule has 20 heavy (non-hydrogen) atoms. The van der Waals surface area contributed by atoms with Gasteiger partial charge in [-0.3, -0.25) is 9.69 Å². The molecular formula is C15H18N2O3. The lowest BCUT2D eigenvalue weighted by molar-refractivity contribution is -0.141. The topological polar surface area (TPSA) is 66.6 Å². The summed E-state index contributed by atoms with van der Waals surface area (Å²) in [6.07, 6.45) is 1.62. The summed E-state index contributed by atoms with van der Waals surface area (Å²) in [5.74, 6) is -0.609. The molecule has 1 heterocycles. The van der Waals surface area contributed by atoms with E-state index in [1.165, 1.54) is 0 Å². The minimum Gasteiger partial charge on any atom is -0.481 e. The smallest absolute Gasteiger partial charge is 0.307 e. The number of carbonyl (C=O) groups is 1. The summed E-state index contributed by atoms with van der Waals surface area (Å²) < 4.78 is 5.45. The van der Waals surface area contributed by atoms with E-state index < -0.39 is 11.9 Å². The highest BCUT2D eigenvalue weighted by molar-refractivity contribution is 5.69. The number of rotatable bonds is 6. The highest BCUT2D eigenvalue weighted by Crippen LogP contribution is 2.18. The molecule has 1 aromatic heterocycles. The number of aliphatic carboxylic acids is 1. The summed E-state index contributed by atoms with van der Waals surface area (Å²) in [5, 5.41) is 8.89. The Hall–Kier alpha value is -2.14. The van der Waals surface area contributed by atoms with Gasteiger partial charge in [-0.2, -0.15) is 0 Å². The van der Waals surface area contributed by atoms with Crippen LogP contribution in [0.15, 0.2) is 41.0 Å². The molecule has 106 valence electrons. The maximum absolute atomic E-state index is 10.8. The van der Waals surface area contributed by atoms with Crippen LogP contribution in [0.1, 0.15) is 12.6 Å². The Morgan fingerprint density at radius 3 is 2.75 bits per heavy atom. The molecule has 0 saturated carbocycles. The average molecular weight is 274 g/mol. The van der Waals surface area contributed by atoms with Gasteiger partial charge in [-0.1, -0.05) is 25.1 Å². The molecule has 0 aliphatic rings. The Bertz CT molecular complexity index is 566. The molecule has 1 unspecified atom stereocenters. The van der Waals surface area contributed by atoms with Gasteiger partial charge in [0.25, 0.3) is 0 Å². The van der Waals surface area contributed by atoms with Gasteiger partial charge in [-0.15, -0.1) is 0 Å². The van der Waals surface area contributed by atoms with Crippen molar-refractivity contribution in [3.63, 3.8) is 0 Å². The van der Waals surface area contributed by atoms with Crippen LogP contribution < -0.4 is 0 Å². The van der Waals surface area contributed by atoms with Crippen LogP contribution in [0, 0.1) is 5.92 Å². The van der Waals surface area contributed by atoms with Crippen molar-refractivity contribution in [3.8, 4) is 11.5 Å². The van der Waals surface area contributed by atoms with Gasteiger partial charge in [0.2, 0.25) is 5.89 Å². The first-order valence-corrected chi connectivity index (χ1v) is 6.47. The van der Waals surface area contributed by atoms with Gasteiger partial charge in [-0.25, -0.2) is 4.98 Å². The van der Waals surface area contributed by atoms with E-state index in [9.17, 15) is 4.79 Å². The summed E-state index contributed by atoms with van der Waals surface area (Å²) in [6, 6.07) is 9.67. The molecular weight excluding hydrogens is 256 g/mol. The van der Waals surface area contributed by atoms with E-state index in [2.05, 4.69) is 4.98 Å². The number of benzene rings is 1. The van der Waals surface area contributed by atoms with Crippen molar-refractivity contribution in [1.29, 1.82) is 0 Å². The van der Waals surface area contributed by atoms with Gasteiger partial charge in [0.05, 0.1) is 11.6 Å². The van der Waals surface area contributed by atoms with Crippen LogP contribution in [0.25, 0.3) is 11.5 Å². The highest BCUT2D eigenvalue weighted by Gasteiger charge is 2.15. The molecule has 0 spiro atoms. The van der Waals surface area contributed by atoms with Crippen LogP contribution in [0.3, 0.4) is 0 Å². The second-order valence-corrected chi connectivity index (χ2v) is 4.95. The molecule has 0 aliphatic carbocycles. The van der Waals surface area contributed by atoms with Crippen molar-refractivity contribution in [1.82, 2.24) is 9.88 Å². The molecule has 0 fully saturated rings. The predicted octanol–water partition coefficient (Wildman–Crippen LogP) is 2.49. The lowest BCUT2D eigenvalue weighted by Crippen LogP contribution is -2.28. The number of nitrogens with zero attached hydrogens (tertiary/aromatic N) is 2. The van der Waals surface area contributed by atoms with Crippen molar-refractivity contribution in [3.05, 3.63) is 42.3 Å². The number of carboxylic acids is 1. The minimum absolute atomic E-state index is 0.402. The van der Waals surface area contributed by atoms with Gasteiger partial charge in [-0.05, 0) is 19.2 Å². The van der Waals surface area contributed by atoms with Crippen molar-refractivity contribution in [2.45, 2.75) is 13.5 Å². The molecule has 5 nitrogen and oxygen atoms in total. The Kier molecular flexibility index (Phi) is 4.53. The van der Waals surface area contributed by atoms with E-state index in [1.807, 2.05) is 42.3 Å². The van der Waals surface area contributed by atoms with E-state index in [0.717, 1.165) is 11.3 Å². The fraction of sp³-hybridized carbons (Fsp3) is 0.333. The molecule has 2 rings (SSSR count). The van der Waals surface area contributed by atoms with Crippen molar-refractivity contribution >= 4 is 5.97 Å². The third-order valence-corrected chi connectivity index (χ3v) is 3.01. The first-order chi connectivity index (χ1) is 9.56. The standard InChI is InChI=1S/C15H18N2O3/c1-11(15(18)19)8-17(2)9-13-10-20-14(16-13)12-6-4-3-5-7-12/h3-7,10-11H,8-9H2,1-2H3,(H,18,19). The van der Waals surface area contributed by atoms with E-state index >= 15 is 0 Å². The van der Waals surface area contributed by atoms with E-state index in [1.54, 1.807) is 13.2 Å². The summed E-state index contributed by atoms with van der Waals surface area (Å²) >= 11 is 0. The van der Waals surface area contributed by atoms with Crippen molar-refractivity contribution in [2.75, 3.05) is 13.6 Å². The van der Waals surface area contributed by atoms with Crippen LogP contribution in [-0.2, 0) is 11.3 Å². The summed E-state index contributed by atoms with van der Waals surface area (Å²) in [5.41, 5.74) is 1.73. The van der Waals surface area contributed by atoms with Crippen LogP contribution in [0.2, 0.25) is 0 Å². The molecule has 0 aliphatic heterocycles. The van der Waals surface area contributed by atoms with Crippen LogP contribution in [0.5, 0.6) is 0 Å². The molecule has 0 amide bonds. The largest absolute Gasteiger partial charge is 0.481 e. The Balaban J connectivity index is 1.98. The summed E-state index contributed by atoms with van der Waals surface area (Å²) in [6.45, 7) is 2.73. The average Bonchev–Trinajstić information content (AvgIpc) is 2.88. The zero-order chi connectivity index (χ0) is 14.5. The van der Waals surface area contributed by atoms with Gasteiger partial charge in [0, 0.05) is 18.7 Å². The van der Waals surface area contributed by atoms with Crippen molar-refractivity contribution in [2.24, 2.45) is 5.92 Å². The molecule has 5 heteroatoms. The van der Waals surface area contributed by atoms with E-state index in [0.29, 0.717) is 19.0 Å². The molecule has 0 radical (unpaired) electrons. The van der Waals surface area contributed by atoms with Gasteiger partial charge < -0.3 is 9.52 Å². The second-order valence-electron chi connectivity index (χ2n) is 4.95. The van der Waals surface area contributed by atoms with Gasteiger partial charge in [0.15, 0.2) is 0 Å². The Labute approximate surface area is 117 Å². The van der Waals surface area contributed by atoms with Crippen LogP contribution in [-0.4, -0.2) is 34.6 Å². The van der Waals surface area contributed by atoms with Gasteiger partial charge >= 0.3 is 5.97 Å². The molecule has 1 atom stereocenters. The number of oxazole rings is 1. The molecule has 2 aromatic rings. The first kappa shape index (κ1) is 14.3. The fourth-order valence-electron chi connectivity index (χ4n) is 1.98. The monoisotopic (exact) mass is 274 g/mol. The molecule has 1 aromatic carbocycles. The lowest BCUT2D eigenvalue weighted by atomic mass is 10.2. The van der Waals surface area contributed by atoms with Crippen LogP contribution >= 0.6 is 0 Å². The van der Waals surface area contributed by atoms with E-state index in [-0.39, 0.29) is 0 Å². The number of aromatic nitrogens is 1. The zero-order valence-corrected chi connectivity index (χ0v) is 11.6. The predicted molar refractivity (Wildman–Crippen MR) is 75.1 cm³/mol. The molecule has 0 bridgehead atoms. The van der Waals surface area contributed by atoms with Gasteiger partial charge in [0.1, 0.15) is 6.26 Å². The number of hydrogen-bond acceptors (Lipinski definition) is 4. The van der Waals surface area contributed by atoms with E-state index in [4.69, 9.17) is 9.52 Å². The Morgan fingerprint density at radius 1 is 1.40 bits per heavy atom.